The van der Waals surface area contributed by atoms with Gasteiger partial charge in [0.25, 0.3) is 0 Å². The van der Waals surface area contributed by atoms with Crippen molar-refractivity contribution in [3.63, 3.8) is 0 Å². The summed E-state index contributed by atoms with van der Waals surface area (Å²) < 4.78 is 0. The van der Waals surface area contributed by atoms with Gasteiger partial charge in [0.2, 0.25) is 0 Å². The molecule has 0 bridgehead atoms. The molecular formula is C22H42K2NNa3O9. The predicted molar refractivity (Wildman–Crippen MR) is 111 cm³/mol. The van der Waals surface area contributed by atoms with Crippen LogP contribution in [0.15, 0.2) is 0 Å². The van der Waals surface area contributed by atoms with E-state index in [0.29, 0.717) is 6.54 Å². The molecule has 0 aromatic carbocycles. The van der Waals surface area contributed by atoms with Crippen molar-refractivity contribution < 1.29 is 236 Å². The van der Waals surface area contributed by atoms with Crippen molar-refractivity contribution in [2.45, 2.75) is 110 Å². The zero-order valence-corrected chi connectivity index (χ0v) is 36.8. The quantitative estimate of drug-likeness (QED) is 0.117. The van der Waals surface area contributed by atoms with E-state index in [1.54, 1.807) is 0 Å². The Balaban J connectivity index is -0.0000000556. The van der Waals surface area contributed by atoms with E-state index in [1.807, 2.05) is 0 Å². The number of aliphatic hydroxyl groups is 1. The van der Waals surface area contributed by atoms with Crippen molar-refractivity contribution in [1.82, 2.24) is 0 Å². The molecular weight excluding hydrogens is 569 g/mol. The van der Waals surface area contributed by atoms with Crippen LogP contribution in [-0.2, 0) is 4.79 Å². The third-order valence-corrected chi connectivity index (χ3v) is 4.11. The Labute approximate surface area is 375 Å². The van der Waals surface area contributed by atoms with E-state index in [0.717, 1.165) is 12.8 Å². The van der Waals surface area contributed by atoms with Crippen molar-refractivity contribution in [2.24, 2.45) is 5.73 Å². The molecule has 0 radical (unpaired) electrons. The Morgan fingerprint density at radius 3 is 0.919 bits per heavy atom. The van der Waals surface area contributed by atoms with Gasteiger partial charge < -0.3 is 50.8 Å². The van der Waals surface area contributed by atoms with Gasteiger partial charge in [0, 0.05) is 12.5 Å². The van der Waals surface area contributed by atoms with Gasteiger partial charge in [-0.05, 0) is 25.2 Å². The SMILES string of the molecule is CCCCCCCCCCCCCCCCCC(=O)[O-].NCCO.O=C([O-])[O-].O=C([O-])[O-].[K+].[K+].[Na+].[Na+].[Na+]. The fourth-order valence-electron chi connectivity index (χ4n) is 2.64. The summed E-state index contributed by atoms with van der Waals surface area (Å²) in [5, 5.41) is 51.3. The predicted octanol–water partition coefficient (Wildman–Crippen LogP) is -15.9. The zero-order chi connectivity index (χ0) is 25.5. The molecule has 0 rings (SSSR count). The zero-order valence-electron chi connectivity index (χ0n) is 24.5. The van der Waals surface area contributed by atoms with Gasteiger partial charge in [0.1, 0.15) is 0 Å². The smallest absolute Gasteiger partial charge is 0.652 e. The Bertz CT molecular complexity index is 398. The maximum Gasteiger partial charge on any atom is 1.00 e. The standard InChI is InChI=1S/C18H36O2.C2H7NO.2CH2O3.2K.3Na/c1-2-3-4-5-6-7-8-9-10-11-12-13-14-15-16-17-18(19)20;3-1-2-4;2*2-1(3)4;;;;;/h2-17H2,1H3,(H,19,20);4H,1-3H2;2*(H2,2,3,4);;;;;/q;;;;5*+1/p-5. The molecule has 0 fully saturated rings. The second kappa shape index (κ2) is 63.5. The van der Waals surface area contributed by atoms with E-state index in [1.165, 1.54) is 83.5 Å². The van der Waals surface area contributed by atoms with Crippen molar-refractivity contribution in [3.05, 3.63) is 0 Å². The van der Waals surface area contributed by atoms with Gasteiger partial charge in [0.05, 0.1) is 6.61 Å². The number of aliphatic hydroxyl groups excluding tert-OH is 1. The number of carboxylic acids is 1. The van der Waals surface area contributed by atoms with E-state index >= 15 is 0 Å². The van der Waals surface area contributed by atoms with Gasteiger partial charge in [-0.25, -0.2) is 0 Å². The number of hydrogen-bond donors (Lipinski definition) is 2. The summed E-state index contributed by atoms with van der Waals surface area (Å²) in [4.78, 5) is 26.9. The number of unbranched alkanes of at least 4 members (excludes halogenated alkanes) is 14. The van der Waals surface area contributed by atoms with Gasteiger partial charge >= 0.3 is 191 Å². The monoisotopic (exact) mass is 611 g/mol. The van der Waals surface area contributed by atoms with E-state index in [4.69, 9.17) is 40.9 Å². The minimum absolute atomic E-state index is 0. The summed E-state index contributed by atoms with van der Waals surface area (Å²) in [6, 6.07) is 0. The second-order valence-electron chi connectivity index (χ2n) is 7.08. The normalized spacial score (nSPS) is 7.97. The number of rotatable bonds is 17. The molecule has 0 heterocycles. The van der Waals surface area contributed by atoms with Crippen LogP contribution in [0.1, 0.15) is 110 Å². The Hall–Kier alpha value is 4.20. The number of carboxylic acid groups (broad SMARTS) is 5. The first-order valence-electron chi connectivity index (χ1n) is 11.4. The number of nitrogens with two attached hydrogens (primary N) is 1. The maximum atomic E-state index is 10.2. The molecule has 194 valence electrons. The van der Waals surface area contributed by atoms with Crippen LogP contribution in [0.4, 0.5) is 9.59 Å². The van der Waals surface area contributed by atoms with Crippen LogP contribution in [0.25, 0.3) is 0 Å². The molecule has 3 N–H and O–H groups in total. The van der Waals surface area contributed by atoms with Crippen molar-refractivity contribution >= 4 is 18.3 Å². The van der Waals surface area contributed by atoms with Crippen LogP contribution < -0.4 is 223 Å². The molecule has 15 heteroatoms. The molecule has 0 aromatic rings. The number of hydrogen-bond acceptors (Lipinski definition) is 10. The largest absolute Gasteiger partial charge is 1.00 e. The Kier molecular flexibility index (Phi) is 110. The molecule has 0 aliphatic carbocycles. The summed E-state index contributed by atoms with van der Waals surface area (Å²) in [5.41, 5.74) is 4.78. The molecule has 0 spiro atoms. The first-order chi connectivity index (χ1) is 15.1. The average molecular weight is 612 g/mol. The Morgan fingerprint density at radius 2 is 0.757 bits per heavy atom. The summed E-state index contributed by atoms with van der Waals surface area (Å²) in [6.45, 7) is 2.74. The van der Waals surface area contributed by atoms with Crippen LogP contribution in [0, 0.1) is 0 Å². The third kappa shape index (κ3) is 119. The molecule has 0 saturated carbocycles. The van der Waals surface area contributed by atoms with E-state index in [-0.39, 0.29) is 204 Å². The van der Waals surface area contributed by atoms with E-state index in [2.05, 4.69) is 6.92 Å². The number of carbonyl (C=O) groups excluding carboxylic acids is 3. The van der Waals surface area contributed by atoms with Crippen LogP contribution in [0.3, 0.4) is 0 Å². The van der Waals surface area contributed by atoms with Gasteiger partial charge in [-0.15, -0.1) is 0 Å². The summed E-state index contributed by atoms with van der Waals surface area (Å²) >= 11 is 0. The fraction of sp³-hybridized carbons (Fsp3) is 0.864. The molecule has 0 aliphatic rings. The van der Waals surface area contributed by atoms with Crippen LogP contribution in [0.2, 0.25) is 0 Å². The van der Waals surface area contributed by atoms with Crippen molar-refractivity contribution in [2.75, 3.05) is 13.2 Å². The molecule has 0 aromatic heterocycles. The number of carbonyl (C=O) groups is 3. The molecule has 0 unspecified atom stereocenters. The average Bonchev–Trinajstić information content (AvgIpc) is 2.70. The molecule has 37 heavy (non-hydrogen) atoms. The van der Waals surface area contributed by atoms with Gasteiger partial charge in [0.15, 0.2) is 0 Å². The first kappa shape index (κ1) is 64.2. The van der Waals surface area contributed by atoms with Crippen molar-refractivity contribution in [3.8, 4) is 0 Å². The van der Waals surface area contributed by atoms with Gasteiger partial charge in [-0.3, -0.25) is 0 Å². The Morgan fingerprint density at radius 1 is 0.568 bits per heavy atom. The summed E-state index contributed by atoms with van der Waals surface area (Å²) in [7, 11) is 0. The molecule has 0 aliphatic heterocycles. The maximum absolute atomic E-state index is 10.2. The van der Waals surface area contributed by atoms with Crippen LogP contribution in [-0.4, -0.2) is 36.5 Å². The molecule has 0 atom stereocenters. The van der Waals surface area contributed by atoms with Gasteiger partial charge in [-0.2, -0.15) is 0 Å². The van der Waals surface area contributed by atoms with E-state index < -0.39 is 18.3 Å². The van der Waals surface area contributed by atoms with Crippen molar-refractivity contribution in [1.29, 1.82) is 0 Å². The van der Waals surface area contributed by atoms with Crippen LogP contribution in [0.5, 0.6) is 0 Å². The third-order valence-electron chi connectivity index (χ3n) is 4.11. The minimum Gasteiger partial charge on any atom is -0.652 e. The first-order valence-corrected chi connectivity index (χ1v) is 11.4. The minimum atomic E-state index is -2.33. The van der Waals surface area contributed by atoms with E-state index in [9.17, 15) is 9.90 Å². The van der Waals surface area contributed by atoms with Gasteiger partial charge in [-0.1, -0.05) is 96.8 Å². The molecule has 0 saturated heterocycles. The fourth-order valence-corrected chi connectivity index (χ4v) is 2.64. The topological polar surface area (TPSA) is 213 Å². The van der Waals surface area contributed by atoms with Crippen LogP contribution >= 0.6 is 0 Å². The summed E-state index contributed by atoms with van der Waals surface area (Å²) in [5.74, 6) is -0.903. The molecule has 0 amide bonds. The summed E-state index contributed by atoms with van der Waals surface area (Å²) in [6.07, 6.45) is 15.2. The second-order valence-corrected chi connectivity index (χ2v) is 7.08. The number of aliphatic carboxylic acids is 1. The molecule has 10 nitrogen and oxygen atoms in total.